The molecule has 0 saturated carbocycles. The second-order valence-corrected chi connectivity index (χ2v) is 8.93. The molecule has 1 fully saturated rings. The molecule has 31 heavy (non-hydrogen) atoms. The molecule has 0 bridgehead atoms. The van der Waals surface area contributed by atoms with Gasteiger partial charge in [-0.1, -0.05) is 18.2 Å². The summed E-state index contributed by atoms with van der Waals surface area (Å²) >= 11 is 1.49. The average Bonchev–Trinajstić information content (AvgIpc) is 3.30. The van der Waals surface area contributed by atoms with Gasteiger partial charge in [0, 0.05) is 54.2 Å². The number of nitrogens with zero attached hydrogens (tertiary/aromatic N) is 3. The molecular weight excluding hydrogens is 412 g/mol. The van der Waals surface area contributed by atoms with Crippen LogP contribution in [0, 0.1) is 13.8 Å². The Morgan fingerprint density at radius 2 is 2.16 bits per heavy atom. The van der Waals surface area contributed by atoms with Crippen molar-refractivity contribution in [1.82, 2.24) is 20.0 Å². The fourth-order valence-electron chi connectivity index (χ4n) is 4.32. The number of morpholine rings is 1. The Bertz CT molecular complexity index is 1070. The van der Waals surface area contributed by atoms with E-state index in [0.29, 0.717) is 11.5 Å². The van der Waals surface area contributed by atoms with Gasteiger partial charge in [0.15, 0.2) is 0 Å². The summed E-state index contributed by atoms with van der Waals surface area (Å²) in [5, 5.41) is 17.6. The van der Waals surface area contributed by atoms with Crippen LogP contribution < -0.4 is 5.32 Å². The number of amides is 1. The molecule has 7 nitrogen and oxygen atoms in total. The molecule has 2 aromatic heterocycles. The number of fused-ring (bicyclic) bond motifs is 1. The van der Waals surface area contributed by atoms with Crippen LogP contribution in [0.1, 0.15) is 45.2 Å². The third kappa shape index (κ3) is 4.39. The summed E-state index contributed by atoms with van der Waals surface area (Å²) in [7, 11) is 0. The summed E-state index contributed by atoms with van der Waals surface area (Å²) in [5.41, 5.74) is 4.53. The Kier molecular flexibility index (Phi) is 6.71. The molecule has 3 aromatic rings. The molecule has 166 valence electrons. The van der Waals surface area contributed by atoms with Crippen molar-refractivity contribution in [2.24, 2.45) is 0 Å². The van der Waals surface area contributed by atoms with E-state index in [9.17, 15) is 4.79 Å². The molecule has 0 aliphatic carbocycles. The molecule has 1 aromatic carbocycles. The predicted octanol–water partition coefficient (Wildman–Crippen LogP) is 3.03. The van der Waals surface area contributed by atoms with E-state index < -0.39 is 0 Å². The SMILES string of the molecule is CCn1nc(C)c(CN2CCO[C@H](c3c(C(=O)NCCO)sc4ccccc34)C2)c1C. The van der Waals surface area contributed by atoms with E-state index in [2.05, 4.69) is 46.8 Å². The first kappa shape index (κ1) is 22.0. The summed E-state index contributed by atoms with van der Waals surface area (Å²) in [4.78, 5) is 15.9. The minimum atomic E-state index is -0.179. The Morgan fingerprint density at radius 1 is 1.35 bits per heavy atom. The molecule has 4 rings (SSSR count). The van der Waals surface area contributed by atoms with Crippen LogP contribution in [0.2, 0.25) is 0 Å². The number of nitrogens with one attached hydrogen (secondary N) is 1. The summed E-state index contributed by atoms with van der Waals surface area (Å²) in [6, 6.07) is 8.09. The van der Waals surface area contributed by atoms with Gasteiger partial charge in [0.2, 0.25) is 0 Å². The van der Waals surface area contributed by atoms with Crippen molar-refractivity contribution in [3.8, 4) is 0 Å². The van der Waals surface area contributed by atoms with E-state index in [1.807, 2.05) is 18.2 Å². The van der Waals surface area contributed by atoms with Crippen LogP contribution in [0.25, 0.3) is 10.1 Å². The highest BCUT2D eigenvalue weighted by molar-refractivity contribution is 7.21. The van der Waals surface area contributed by atoms with Crippen molar-refractivity contribution < 1.29 is 14.6 Å². The number of carbonyl (C=O) groups excluding carboxylic acids is 1. The van der Waals surface area contributed by atoms with Crippen LogP contribution in [-0.4, -0.2) is 58.5 Å². The molecule has 2 N–H and O–H groups in total. The number of rotatable bonds is 7. The normalized spacial score (nSPS) is 17.4. The molecule has 1 aliphatic rings. The lowest BCUT2D eigenvalue weighted by atomic mass is 10.0. The lowest BCUT2D eigenvalue weighted by Gasteiger charge is -2.33. The van der Waals surface area contributed by atoms with Gasteiger partial charge < -0.3 is 15.2 Å². The molecule has 1 saturated heterocycles. The van der Waals surface area contributed by atoms with E-state index in [1.165, 1.54) is 22.6 Å². The standard InChI is InChI=1S/C23H30N4O3S/c1-4-27-16(3)18(15(2)25-27)13-26-10-12-30-19(14-26)21-17-7-5-6-8-20(17)31-22(21)23(29)24-9-11-28/h5-8,19,28H,4,9-14H2,1-3H3,(H,24,29)/t19-/m0/s1. The zero-order chi connectivity index (χ0) is 22.0. The van der Waals surface area contributed by atoms with Crippen LogP contribution >= 0.6 is 11.3 Å². The fourth-order valence-corrected chi connectivity index (χ4v) is 5.49. The zero-order valence-corrected chi connectivity index (χ0v) is 19.2. The Morgan fingerprint density at radius 3 is 2.90 bits per heavy atom. The Balaban J connectivity index is 1.62. The number of aromatic nitrogens is 2. The van der Waals surface area contributed by atoms with Crippen molar-refractivity contribution in [3.05, 3.63) is 51.7 Å². The molecule has 1 amide bonds. The summed E-state index contributed by atoms with van der Waals surface area (Å²) in [6.07, 6.45) is -0.179. The number of aliphatic hydroxyl groups is 1. The van der Waals surface area contributed by atoms with E-state index in [1.54, 1.807) is 0 Å². The highest BCUT2D eigenvalue weighted by Crippen LogP contribution is 2.38. The van der Waals surface area contributed by atoms with Gasteiger partial charge in [-0.3, -0.25) is 14.4 Å². The summed E-state index contributed by atoms with van der Waals surface area (Å²) in [6.45, 7) is 10.4. The molecule has 1 aliphatic heterocycles. The molecule has 0 unspecified atom stereocenters. The first-order valence-corrected chi connectivity index (χ1v) is 11.6. The predicted molar refractivity (Wildman–Crippen MR) is 123 cm³/mol. The highest BCUT2D eigenvalue weighted by atomic mass is 32.1. The molecule has 1 atom stereocenters. The number of hydrogen-bond acceptors (Lipinski definition) is 6. The highest BCUT2D eigenvalue weighted by Gasteiger charge is 2.30. The van der Waals surface area contributed by atoms with Gasteiger partial charge >= 0.3 is 0 Å². The number of aryl methyl sites for hydroxylation is 2. The number of hydrogen-bond donors (Lipinski definition) is 2. The third-order valence-corrected chi connectivity index (χ3v) is 7.11. The van der Waals surface area contributed by atoms with Crippen LogP contribution in [-0.2, 0) is 17.8 Å². The Hall–Kier alpha value is -2.26. The van der Waals surface area contributed by atoms with Crippen molar-refractivity contribution in [2.45, 2.75) is 40.0 Å². The quantitative estimate of drug-likeness (QED) is 0.588. The molecule has 3 heterocycles. The lowest BCUT2D eigenvalue weighted by molar-refractivity contribution is -0.0324. The molecule has 0 radical (unpaired) electrons. The maximum absolute atomic E-state index is 12.8. The van der Waals surface area contributed by atoms with E-state index in [0.717, 1.165) is 47.5 Å². The first-order valence-electron chi connectivity index (χ1n) is 10.8. The van der Waals surface area contributed by atoms with Crippen LogP contribution in [0.3, 0.4) is 0 Å². The maximum Gasteiger partial charge on any atom is 0.261 e. The molecule has 8 heteroatoms. The summed E-state index contributed by atoms with van der Waals surface area (Å²) < 4.78 is 9.32. The van der Waals surface area contributed by atoms with Gasteiger partial charge in [-0.05, 0) is 32.2 Å². The minimum Gasteiger partial charge on any atom is -0.395 e. The van der Waals surface area contributed by atoms with Gasteiger partial charge in [0.05, 0.1) is 29.9 Å². The van der Waals surface area contributed by atoms with Crippen LogP contribution in [0.5, 0.6) is 0 Å². The second-order valence-electron chi connectivity index (χ2n) is 7.88. The number of benzene rings is 1. The first-order chi connectivity index (χ1) is 15.0. The van der Waals surface area contributed by atoms with Crippen LogP contribution in [0.15, 0.2) is 24.3 Å². The fraction of sp³-hybridized carbons (Fsp3) is 0.478. The Labute approximate surface area is 186 Å². The monoisotopic (exact) mass is 442 g/mol. The number of thiophene rings is 1. The van der Waals surface area contributed by atoms with Gasteiger partial charge in [-0.15, -0.1) is 11.3 Å². The zero-order valence-electron chi connectivity index (χ0n) is 18.4. The second kappa shape index (κ2) is 9.48. The third-order valence-electron chi connectivity index (χ3n) is 5.92. The number of ether oxygens (including phenoxy) is 1. The van der Waals surface area contributed by atoms with Crippen molar-refractivity contribution in [3.63, 3.8) is 0 Å². The van der Waals surface area contributed by atoms with Gasteiger partial charge in [0.1, 0.15) is 0 Å². The number of aliphatic hydroxyl groups excluding tert-OH is 1. The van der Waals surface area contributed by atoms with Gasteiger partial charge in [0.25, 0.3) is 5.91 Å². The van der Waals surface area contributed by atoms with E-state index >= 15 is 0 Å². The lowest BCUT2D eigenvalue weighted by Crippen LogP contribution is -2.38. The molecular formula is C23H30N4O3S. The summed E-state index contributed by atoms with van der Waals surface area (Å²) in [5.74, 6) is -0.151. The molecule has 0 spiro atoms. The average molecular weight is 443 g/mol. The van der Waals surface area contributed by atoms with Gasteiger partial charge in [-0.25, -0.2) is 0 Å². The van der Waals surface area contributed by atoms with E-state index in [4.69, 9.17) is 9.84 Å². The largest absolute Gasteiger partial charge is 0.395 e. The smallest absolute Gasteiger partial charge is 0.261 e. The van der Waals surface area contributed by atoms with Crippen molar-refractivity contribution in [2.75, 3.05) is 32.8 Å². The van der Waals surface area contributed by atoms with E-state index in [-0.39, 0.29) is 25.2 Å². The van der Waals surface area contributed by atoms with Crippen molar-refractivity contribution in [1.29, 1.82) is 0 Å². The van der Waals surface area contributed by atoms with Gasteiger partial charge in [-0.2, -0.15) is 5.10 Å². The number of carbonyl (C=O) groups is 1. The minimum absolute atomic E-state index is 0.0795. The van der Waals surface area contributed by atoms with Crippen molar-refractivity contribution >= 4 is 27.3 Å². The maximum atomic E-state index is 12.8. The topological polar surface area (TPSA) is 79.6 Å². The van der Waals surface area contributed by atoms with Crippen LogP contribution in [0.4, 0.5) is 0 Å².